The summed E-state index contributed by atoms with van der Waals surface area (Å²) in [4.78, 5) is 0. The fourth-order valence-corrected chi connectivity index (χ4v) is 1.97. The maximum Gasteiger partial charge on any atom is 0.442 e. The molecule has 0 aliphatic heterocycles. The summed E-state index contributed by atoms with van der Waals surface area (Å²) in [5.41, 5.74) is -17.6. The summed E-state index contributed by atoms with van der Waals surface area (Å²) in [6.07, 6.45) is -35.9. The van der Waals surface area contributed by atoms with Gasteiger partial charge in [-0.2, -0.15) is 65.9 Å². The summed E-state index contributed by atoms with van der Waals surface area (Å²) >= 11 is 0. The molecule has 0 saturated heterocycles. The lowest BCUT2D eigenvalue weighted by Gasteiger charge is -2.45. The van der Waals surface area contributed by atoms with Gasteiger partial charge in [0.2, 0.25) is 5.83 Å². The van der Waals surface area contributed by atoms with Gasteiger partial charge in [0.1, 0.15) is 0 Å². The third-order valence-corrected chi connectivity index (χ3v) is 3.74. The van der Waals surface area contributed by atoms with E-state index in [0.29, 0.717) is 0 Å². The van der Waals surface area contributed by atoms with Crippen LogP contribution in [-0.4, -0.2) is 30.9 Å². The molecule has 0 heterocycles. The highest BCUT2D eigenvalue weighted by molar-refractivity contribution is 5.34. The van der Waals surface area contributed by atoms with E-state index in [2.05, 4.69) is 0 Å². The summed E-state index contributed by atoms with van der Waals surface area (Å²) in [5, 5.41) is 0. The number of alkyl halides is 15. The zero-order chi connectivity index (χ0) is 22.7. The predicted molar refractivity (Wildman–Crippen MR) is 54.6 cm³/mol. The van der Waals surface area contributed by atoms with E-state index in [-0.39, 0.29) is 0 Å². The fraction of sp³-hybridized carbons (Fsp3) is 0.818. The van der Waals surface area contributed by atoms with Crippen molar-refractivity contribution in [1.82, 2.24) is 0 Å². The lowest BCUT2D eigenvalue weighted by atomic mass is 9.65. The Balaban J connectivity index is 7.82. The van der Waals surface area contributed by atoms with Gasteiger partial charge in [-0.25, -0.2) is 4.39 Å². The third-order valence-electron chi connectivity index (χ3n) is 3.74. The minimum Gasteiger partial charge on any atom is -0.202 e. The van der Waals surface area contributed by atoms with Crippen molar-refractivity contribution in [2.75, 3.05) is 0 Å². The monoisotopic (exact) mass is 442 g/mol. The topological polar surface area (TPSA) is 0 Å². The second-order valence-corrected chi connectivity index (χ2v) is 5.43. The number of rotatable bonds is 2. The molecule has 0 aliphatic carbocycles. The molecule has 0 aromatic heterocycles. The second-order valence-electron chi connectivity index (χ2n) is 5.43. The van der Waals surface area contributed by atoms with Crippen molar-refractivity contribution in [1.29, 1.82) is 0 Å². The Morgan fingerprint density at radius 1 is 0.444 bits per heavy atom. The summed E-state index contributed by atoms with van der Waals surface area (Å²) in [6.45, 7) is -2.88. The van der Waals surface area contributed by atoms with Crippen LogP contribution in [0.2, 0.25) is 0 Å². The average molecular weight is 442 g/mol. The SMILES string of the molecule is CC(C(=C(F)C(F)(F)F)C(C)(C(F)(F)F)C(F)(F)F)(C(F)(F)F)C(F)(F)F. The highest BCUT2D eigenvalue weighted by Crippen LogP contribution is 2.67. The Labute approximate surface area is 138 Å². The van der Waals surface area contributed by atoms with E-state index in [1.807, 2.05) is 0 Å². The Morgan fingerprint density at radius 2 is 0.630 bits per heavy atom. The van der Waals surface area contributed by atoms with E-state index >= 15 is 0 Å². The molecule has 0 radical (unpaired) electrons. The predicted octanol–water partition coefficient (Wildman–Crippen LogP) is 7.03. The molecule has 162 valence electrons. The number of hydrogen-bond donors (Lipinski definition) is 0. The molecule has 0 aromatic carbocycles. The molecule has 0 unspecified atom stereocenters. The lowest BCUT2D eigenvalue weighted by molar-refractivity contribution is -0.359. The fourth-order valence-electron chi connectivity index (χ4n) is 1.97. The quantitative estimate of drug-likeness (QED) is 0.403. The molecule has 16 heteroatoms. The van der Waals surface area contributed by atoms with Crippen LogP contribution in [0.1, 0.15) is 13.8 Å². The van der Waals surface area contributed by atoms with Crippen LogP contribution in [-0.2, 0) is 0 Å². The molecule has 0 aliphatic rings. The van der Waals surface area contributed by atoms with E-state index in [9.17, 15) is 70.2 Å². The Morgan fingerprint density at radius 3 is 0.741 bits per heavy atom. The second kappa shape index (κ2) is 6.32. The van der Waals surface area contributed by atoms with Gasteiger partial charge in [0.25, 0.3) is 0 Å². The van der Waals surface area contributed by atoms with Crippen LogP contribution < -0.4 is 0 Å². The summed E-state index contributed by atoms with van der Waals surface area (Å²) in [7, 11) is 0. The Hall–Kier alpha value is -1.38. The largest absolute Gasteiger partial charge is 0.442 e. The van der Waals surface area contributed by atoms with Gasteiger partial charge in [0, 0.05) is 5.57 Å². The van der Waals surface area contributed by atoms with Gasteiger partial charge in [0.05, 0.1) is 0 Å². The van der Waals surface area contributed by atoms with Crippen molar-refractivity contribution in [3.8, 4) is 0 Å². The van der Waals surface area contributed by atoms with Gasteiger partial charge in [-0.3, -0.25) is 0 Å². The maximum atomic E-state index is 13.4. The molecule has 0 saturated carbocycles. The van der Waals surface area contributed by atoms with Crippen molar-refractivity contribution < 1.29 is 70.2 Å². The first-order chi connectivity index (χ1) is 11.3. The van der Waals surface area contributed by atoms with Crippen LogP contribution in [0, 0.1) is 10.8 Å². The first-order valence-corrected chi connectivity index (χ1v) is 6.02. The van der Waals surface area contributed by atoms with Crippen molar-refractivity contribution >= 4 is 0 Å². The normalized spacial score (nSPS) is 15.8. The van der Waals surface area contributed by atoms with Crippen LogP contribution in [0.3, 0.4) is 0 Å². The van der Waals surface area contributed by atoms with Crippen molar-refractivity contribution in [2.24, 2.45) is 10.8 Å². The van der Waals surface area contributed by atoms with Gasteiger partial charge < -0.3 is 0 Å². The molecule has 0 rings (SSSR count). The number of hydrogen-bond acceptors (Lipinski definition) is 0. The van der Waals surface area contributed by atoms with Gasteiger partial charge in [0.15, 0.2) is 10.8 Å². The van der Waals surface area contributed by atoms with Gasteiger partial charge >= 0.3 is 30.9 Å². The minimum absolute atomic E-state index is 1.44. The molecule has 0 bridgehead atoms. The van der Waals surface area contributed by atoms with Crippen molar-refractivity contribution in [2.45, 2.75) is 44.7 Å². The van der Waals surface area contributed by atoms with E-state index in [4.69, 9.17) is 0 Å². The van der Waals surface area contributed by atoms with Gasteiger partial charge in [-0.1, -0.05) is 0 Å². The molecule has 0 N–H and O–H groups in total. The molecular weight excluding hydrogens is 436 g/mol. The minimum atomic E-state index is -7.22. The van der Waals surface area contributed by atoms with E-state index < -0.39 is 67.0 Å². The Bertz CT molecular complexity index is 506. The van der Waals surface area contributed by atoms with Crippen LogP contribution in [0.5, 0.6) is 0 Å². The molecular formula is C11H6F16. The molecule has 0 nitrogen and oxygen atoms in total. The highest BCUT2D eigenvalue weighted by Gasteiger charge is 2.81. The maximum absolute atomic E-state index is 13.4. The lowest BCUT2D eigenvalue weighted by Crippen LogP contribution is -2.60. The van der Waals surface area contributed by atoms with E-state index in [0.717, 1.165) is 0 Å². The van der Waals surface area contributed by atoms with Crippen LogP contribution >= 0.6 is 0 Å². The van der Waals surface area contributed by atoms with Crippen molar-refractivity contribution in [3.05, 3.63) is 11.4 Å². The van der Waals surface area contributed by atoms with Crippen LogP contribution in [0.25, 0.3) is 0 Å². The molecule has 0 amide bonds. The standard InChI is InChI=1S/C11H6F16/c1-5(8(16,17)18,9(19,20)21)3(4(12)7(13,14)15)6(2,10(22,23)24)11(25,26)27/h1-2H3. The summed E-state index contributed by atoms with van der Waals surface area (Å²) in [6, 6.07) is 0. The zero-order valence-corrected chi connectivity index (χ0v) is 12.5. The number of allylic oxidation sites excluding steroid dienone is 2. The average Bonchev–Trinajstić information content (AvgIpc) is 2.31. The molecule has 0 aromatic rings. The summed E-state index contributed by atoms with van der Waals surface area (Å²) in [5.74, 6) is -4.81. The first-order valence-electron chi connectivity index (χ1n) is 6.02. The molecule has 0 fully saturated rings. The third kappa shape index (κ3) is 3.93. The zero-order valence-electron chi connectivity index (χ0n) is 12.5. The Kier molecular flexibility index (Phi) is 6.00. The van der Waals surface area contributed by atoms with Gasteiger partial charge in [-0.15, -0.1) is 0 Å². The van der Waals surface area contributed by atoms with Crippen molar-refractivity contribution in [3.63, 3.8) is 0 Å². The number of halogens is 16. The molecule has 0 spiro atoms. The van der Waals surface area contributed by atoms with Crippen LogP contribution in [0.4, 0.5) is 70.2 Å². The molecule has 0 atom stereocenters. The molecule has 27 heavy (non-hydrogen) atoms. The van der Waals surface area contributed by atoms with E-state index in [1.54, 1.807) is 0 Å². The smallest absolute Gasteiger partial charge is 0.202 e. The van der Waals surface area contributed by atoms with Crippen LogP contribution in [0.15, 0.2) is 11.4 Å². The van der Waals surface area contributed by atoms with Gasteiger partial charge in [-0.05, 0) is 13.8 Å². The highest BCUT2D eigenvalue weighted by atomic mass is 19.4. The van der Waals surface area contributed by atoms with E-state index in [1.165, 1.54) is 0 Å². The summed E-state index contributed by atoms with van der Waals surface area (Å²) < 4.78 is 205. The first kappa shape index (κ1) is 25.6.